The molecule has 2 unspecified atom stereocenters. The van der Waals surface area contributed by atoms with Crippen LogP contribution in [0, 0.1) is 17.2 Å². The molecule has 0 aromatic carbocycles. The summed E-state index contributed by atoms with van der Waals surface area (Å²) < 4.78 is 23.3. The molecule has 0 amide bonds. The fourth-order valence-electron chi connectivity index (χ4n) is 2.27. The Kier molecular flexibility index (Phi) is 6.02. The van der Waals surface area contributed by atoms with E-state index in [1.807, 2.05) is 0 Å². The third-order valence-electron chi connectivity index (χ3n) is 3.82. The largest absolute Gasteiger partial charge is 0.355 e. The van der Waals surface area contributed by atoms with E-state index >= 15 is 0 Å². The van der Waals surface area contributed by atoms with Gasteiger partial charge in [0.1, 0.15) is 0 Å². The molecule has 2 N–H and O–H groups in total. The SMILES string of the molecule is CN=C(NCCS(=O)(=O)C(C)(C)C)NC1CCCC1C#N. The number of sulfone groups is 1. The molecule has 1 saturated carbocycles. The van der Waals surface area contributed by atoms with Gasteiger partial charge in [0.15, 0.2) is 15.8 Å². The number of nitrogens with one attached hydrogen (secondary N) is 2. The van der Waals surface area contributed by atoms with Crippen LogP contribution in [0.5, 0.6) is 0 Å². The average Bonchev–Trinajstić information content (AvgIpc) is 2.83. The lowest BCUT2D eigenvalue weighted by Gasteiger charge is -2.21. The Morgan fingerprint density at radius 2 is 2.05 bits per heavy atom. The van der Waals surface area contributed by atoms with E-state index in [1.165, 1.54) is 0 Å². The summed E-state index contributed by atoms with van der Waals surface area (Å²) in [4.78, 5) is 4.09. The third kappa shape index (κ3) is 4.88. The van der Waals surface area contributed by atoms with Crippen LogP contribution < -0.4 is 10.6 Å². The number of hydrogen-bond acceptors (Lipinski definition) is 4. The monoisotopic (exact) mass is 314 g/mol. The van der Waals surface area contributed by atoms with Crippen LogP contribution in [0.4, 0.5) is 0 Å². The molecule has 0 aromatic heterocycles. The number of hydrogen-bond donors (Lipinski definition) is 2. The van der Waals surface area contributed by atoms with Gasteiger partial charge in [-0.2, -0.15) is 5.26 Å². The van der Waals surface area contributed by atoms with E-state index in [0.29, 0.717) is 12.5 Å². The first-order valence-corrected chi connectivity index (χ1v) is 8.95. The van der Waals surface area contributed by atoms with E-state index in [0.717, 1.165) is 19.3 Å². The maximum absolute atomic E-state index is 12.0. The molecule has 7 heteroatoms. The molecular formula is C14H26N4O2S. The second-order valence-electron chi connectivity index (χ2n) is 6.35. The van der Waals surface area contributed by atoms with Crippen molar-refractivity contribution in [2.45, 2.75) is 50.8 Å². The minimum Gasteiger partial charge on any atom is -0.355 e. The lowest BCUT2D eigenvalue weighted by atomic mass is 10.1. The number of nitriles is 1. The zero-order valence-electron chi connectivity index (χ0n) is 13.3. The highest BCUT2D eigenvalue weighted by atomic mass is 32.2. The molecule has 6 nitrogen and oxygen atoms in total. The molecular weight excluding hydrogens is 288 g/mol. The normalized spacial score (nSPS) is 23.7. The van der Waals surface area contributed by atoms with E-state index in [1.54, 1.807) is 27.8 Å². The Hall–Kier alpha value is -1.29. The average molecular weight is 314 g/mol. The molecule has 120 valence electrons. The van der Waals surface area contributed by atoms with E-state index in [-0.39, 0.29) is 17.7 Å². The van der Waals surface area contributed by atoms with Crippen LogP contribution in [0.25, 0.3) is 0 Å². The fraction of sp³-hybridized carbons (Fsp3) is 0.857. The number of guanidine groups is 1. The molecule has 21 heavy (non-hydrogen) atoms. The molecule has 2 atom stereocenters. The second kappa shape index (κ2) is 7.12. The minimum absolute atomic E-state index is 0.00172. The van der Waals surface area contributed by atoms with Crippen LogP contribution in [0.1, 0.15) is 40.0 Å². The van der Waals surface area contributed by atoms with Gasteiger partial charge in [-0.15, -0.1) is 0 Å². The quantitative estimate of drug-likeness (QED) is 0.597. The first-order valence-electron chi connectivity index (χ1n) is 7.30. The van der Waals surface area contributed by atoms with Gasteiger partial charge in [0.25, 0.3) is 0 Å². The van der Waals surface area contributed by atoms with Gasteiger partial charge in [-0.25, -0.2) is 8.42 Å². The van der Waals surface area contributed by atoms with Crippen LogP contribution in [0.3, 0.4) is 0 Å². The third-order valence-corrected chi connectivity index (χ3v) is 6.43. The Balaban J connectivity index is 2.48. The Labute approximate surface area is 127 Å². The summed E-state index contributed by atoms with van der Waals surface area (Å²) in [6, 6.07) is 2.40. The van der Waals surface area contributed by atoms with Crippen molar-refractivity contribution >= 4 is 15.8 Å². The lowest BCUT2D eigenvalue weighted by Crippen LogP contribution is -2.46. The van der Waals surface area contributed by atoms with Crippen molar-refractivity contribution in [3.63, 3.8) is 0 Å². The molecule has 1 aliphatic rings. The Morgan fingerprint density at radius 1 is 1.38 bits per heavy atom. The topological polar surface area (TPSA) is 94.3 Å². The summed E-state index contributed by atoms with van der Waals surface area (Å²) in [6.45, 7) is 5.41. The molecule has 0 heterocycles. The summed E-state index contributed by atoms with van der Waals surface area (Å²) in [7, 11) is -1.50. The predicted octanol–water partition coefficient (Wildman–Crippen LogP) is 1.06. The van der Waals surface area contributed by atoms with Gasteiger partial charge in [-0.1, -0.05) is 0 Å². The number of rotatable bonds is 4. The summed E-state index contributed by atoms with van der Waals surface area (Å²) in [5.41, 5.74) is 0. The van der Waals surface area contributed by atoms with Crippen LogP contribution >= 0.6 is 0 Å². The molecule has 0 saturated heterocycles. The van der Waals surface area contributed by atoms with Gasteiger partial charge >= 0.3 is 0 Å². The van der Waals surface area contributed by atoms with Crippen molar-refractivity contribution in [1.29, 1.82) is 5.26 Å². The second-order valence-corrected chi connectivity index (χ2v) is 9.21. The zero-order chi connectivity index (χ0) is 16.1. The molecule has 1 fully saturated rings. The Bertz CT molecular complexity index is 514. The number of aliphatic imine (C=N–C) groups is 1. The zero-order valence-corrected chi connectivity index (χ0v) is 14.1. The van der Waals surface area contributed by atoms with Crippen molar-refractivity contribution in [3.8, 4) is 6.07 Å². The summed E-state index contributed by atoms with van der Waals surface area (Å²) in [5, 5.41) is 15.3. The molecule has 0 aliphatic heterocycles. The highest BCUT2D eigenvalue weighted by Crippen LogP contribution is 2.24. The molecule has 1 rings (SSSR count). The van der Waals surface area contributed by atoms with Crippen LogP contribution in [0.2, 0.25) is 0 Å². The first-order chi connectivity index (χ1) is 9.71. The standard InChI is InChI=1S/C14H26N4O2S/c1-14(2,3)21(19,20)9-8-17-13(16-4)18-12-7-5-6-11(12)10-15/h11-12H,5-9H2,1-4H3,(H2,16,17,18). The van der Waals surface area contributed by atoms with E-state index in [2.05, 4.69) is 21.7 Å². The highest BCUT2D eigenvalue weighted by Gasteiger charge is 2.29. The molecule has 0 bridgehead atoms. The van der Waals surface area contributed by atoms with Crippen molar-refractivity contribution in [1.82, 2.24) is 10.6 Å². The summed E-state index contributed by atoms with van der Waals surface area (Å²) >= 11 is 0. The molecule has 0 spiro atoms. The van der Waals surface area contributed by atoms with Gasteiger partial charge in [0, 0.05) is 19.6 Å². The maximum Gasteiger partial charge on any atom is 0.191 e. The predicted molar refractivity (Wildman–Crippen MR) is 84.8 cm³/mol. The molecule has 0 radical (unpaired) electrons. The first kappa shape index (κ1) is 17.8. The lowest BCUT2D eigenvalue weighted by molar-refractivity contribution is 0.532. The van der Waals surface area contributed by atoms with Gasteiger partial charge in [0.05, 0.1) is 22.5 Å². The van der Waals surface area contributed by atoms with Gasteiger partial charge in [-0.3, -0.25) is 4.99 Å². The highest BCUT2D eigenvalue weighted by molar-refractivity contribution is 7.92. The smallest absolute Gasteiger partial charge is 0.191 e. The maximum atomic E-state index is 12.0. The van der Waals surface area contributed by atoms with Gasteiger partial charge < -0.3 is 10.6 Å². The van der Waals surface area contributed by atoms with Crippen molar-refractivity contribution in [2.24, 2.45) is 10.9 Å². The van der Waals surface area contributed by atoms with Gasteiger partial charge in [-0.05, 0) is 40.0 Å². The van der Waals surface area contributed by atoms with E-state index in [9.17, 15) is 8.42 Å². The van der Waals surface area contributed by atoms with Crippen LogP contribution in [-0.4, -0.2) is 44.5 Å². The van der Waals surface area contributed by atoms with E-state index < -0.39 is 14.6 Å². The molecule has 0 aromatic rings. The summed E-state index contributed by atoms with van der Waals surface area (Å²) in [6.07, 6.45) is 2.88. The van der Waals surface area contributed by atoms with Crippen LogP contribution in [-0.2, 0) is 9.84 Å². The van der Waals surface area contributed by atoms with Gasteiger partial charge in [0.2, 0.25) is 0 Å². The fourth-order valence-corrected chi connectivity index (χ4v) is 3.25. The summed E-state index contributed by atoms with van der Waals surface area (Å²) in [5.74, 6) is 0.622. The van der Waals surface area contributed by atoms with Crippen molar-refractivity contribution in [2.75, 3.05) is 19.3 Å². The Morgan fingerprint density at radius 3 is 2.57 bits per heavy atom. The van der Waals surface area contributed by atoms with Crippen LogP contribution in [0.15, 0.2) is 4.99 Å². The minimum atomic E-state index is -3.14. The van der Waals surface area contributed by atoms with Crippen molar-refractivity contribution < 1.29 is 8.42 Å². The number of nitrogens with zero attached hydrogens (tertiary/aromatic N) is 2. The molecule has 1 aliphatic carbocycles. The van der Waals surface area contributed by atoms with E-state index in [4.69, 9.17) is 5.26 Å². The van der Waals surface area contributed by atoms with Crippen molar-refractivity contribution in [3.05, 3.63) is 0 Å².